The van der Waals surface area contributed by atoms with Gasteiger partial charge >= 0.3 is 0 Å². The maximum Gasteiger partial charge on any atom is 0.0462 e. The number of aryl methyl sites for hydroxylation is 3. The first kappa shape index (κ1) is 75.7. The van der Waals surface area contributed by atoms with Gasteiger partial charge in [0, 0.05) is 17.1 Å². The summed E-state index contributed by atoms with van der Waals surface area (Å²) in [6.45, 7) is 6.52. The standard InChI is InChI=1S/C123H87N/c1-82-43-52-93(53-44-82)117-81-120(109-76-67-88(100-31-13-16-34-103(100)109)58-49-85-25-7-4-8-26-85)108-39-21-22-40-110(108)121(117)96-65-74-99(75-66-96)124(97-70-61-91(62-71-97)115-79-118(94-54-45-83(2)46-55-94)122(111-41-23-19-37-106(111)115)113-77-68-89(101-32-14-17-35-104(101)113)59-50-86-27-9-5-10-28-86)98-72-63-92(64-73-98)116-80-119(95-56-47-84(3)48-57-95)123(112-42-24-20-38-107(112)116)114-78-69-90(102-33-15-18-36-105(102)114)60-51-87-29-11-6-12-30-87/h4-81H,1-3H3/b58-49+,59-50+,60-51+. The molecule has 0 aromatic heterocycles. The molecule has 0 heterocycles. The summed E-state index contributed by atoms with van der Waals surface area (Å²) in [4.78, 5) is 2.44. The molecule has 0 atom stereocenters. The van der Waals surface area contributed by atoms with Crippen molar-refractivity contribution in [1.82, 2.24) is 0 Å². The zero-order valence-corrected chi connectivity index (χ0v) is 69.5. The van der Waals surface area contributed by atoms with Crippen LogP contribution < -0.4 is 4.90 Å². The monoisotopic (exact) mass is 1580 g/mol. The van der Waals surface area contributed by atoms with Gasteiger partial charge in [0.1, 0.15) is 0 Å². The van der Waals surface area contributed by atoms with E-state index >= 15 is 0 Å². The van der Waals surface area contributed by atoms with Crippen molar-refractivity contribution in [3.8, 4) is 100 Å². The fourth-order valence-corrected chi connectivity index (χ4v) is 18.7. The van der Waals surface area contributed by atoms with Crippen LogP contribution in [0, 0.1) is 20.8 Å². The summed E-state index contributed by atoms with van der Waals surface area (Å²) < 4.78 is 0. The minimum absolute atomic E-state index is 1.03. The number of hydrogen-bond acceptors (Lipinski definition) is 1. The Morgan fingerprint density at radius 2 is 0.387 bits per heavy atom. The van der Waals surface area contributed by atoms with Crippen molar-refractivity contribution in [2.24, 2.45) is 0 Å². The van der Waals surface area contributed by atoms with E-state index in [2.05, 4.69) is 499 Å². The average molecular weight is 1580 g/mol. The molecule has 0 saturated carbocycles. The van der Waals surface area contributed by atoms with Crippen molar-refractivity contribution >= 4 is 118 Å². The molecule has 1 heteroatoms. The normalized spacial score (nSPS) is 11.7. The molecule has 0 aliphatic carbocycles. The Morgan fingerprint density at radius 1 is 0.153 bits per heavy atom. The van der Waals surface area contributed by atoms with Crippen LogP contribution in [-0.4, -0.2) is 0 Å². The van der Waals surface area contributed by atoms with Gasteiger partial charge in [0.25, 0.3) is 0 Å². The summed E-state index contributed by atoms with van der Waals surface area (Å²) in [6, 6.07) is 162. The summed E-state index contributed by atoms with van der Waals surface area (Å²) in [7, 11) is 0. The zero-order chi connectivity index (χ0) is 83.0. The van der Waals surface area contributed by atoms with Crippen molar-refractivity contribution in [3.63, 3.8) is 0 Å². The summed E-state index contributed by atoms with van der Waals surface area (Å²) >= 11 is 0. The second-order valence-corrected chi connectivity index (χ2v) is 32.7. The first-order valence-electron chi connectivity index (χ1n) is 43.0. The highest BCUT2D eigenvalue weighted by molar-refractivity contribution is 6.19. The average Bonchev–Trinajstić information content (AvgIpc) is 0.744. The lowest BCUT2D eigenvalue weighted by molar-refractivity contribution is 1.28. The Bertz CT molecular complexity index is 7400. The largest absolute Gasteiger partial charge is 0.311 e. The van der Waals surface area contributed by atoms with Crippen LogP contribution in [-0.2, 0) is 0 Å². The first-order chi connectivity index (χ1) is 61.2. The Labute approximate surface area is 725 Å². The van der Waals surface area contributed by atoms with Crippen LogP contribution >= 0.6 is 0 Å². The molecule has 0 unspecified atom stereocenters. The topological polar surface area (TPSA) is 3.24 Å². The van der Waals surface area contributed by atoms with Crippen molar-refractivity contribution in [3.05, 3.63) is 487 Å². The molecule has 0 spiro atoms. The van der Waals surface area contributed by atoms with Gasteiger partial charge in [-0.15, -0.1) is 0 Å². The smallest absolute Gasteiger partial charge is 0.0462 e. The maximum absolute atomic E-state index is 2.46. The van der Waals surface area contributed by atoms with E-state index in [-0.39, 0.29) is 0 Å². The number of benzene rings is 21. The highest BCUT2D eigenvalue weighted by Crippen LogP contribution is 2.52. The second kappa shape index (κ2) is 33.1. The van der Waals surface area contributed by atoms with Crippen molar-refractivity contribution in [2.75, 3.05) is 4.90 Å². The third-order valence-electron chi connectivity index (χ3n) is 25.0. The van der Waals surface area contributed by atoms with Crippen LogP contribution in [0.2, 0.25) is 0 Å². The lowest BCUT2D eigenvalue weighted by Crippen LogP contribution is -2.10. The molecule has 1 nitrogen and oxygen atoms in total. The Balaban J connectivity index is 0.718. The summed E-state index contributed by atoms with van der Waals surface area (Å²) in [6.07, 6.45) is 13.4. The highest BCUT2D eigenvalue weighted by atomic mass is 15.1. The van der Waals surface area contributed by atoms with Crippen LogP contribution in [0.15, 0.2) is 437 Å². The number of fused-ring (bicyclic) bond motifs is 6. The van der Waals surface area contributed by atoms with Crippen LogP contribution in [0.3, 0.4) is 0 Å². The summed E-state index contributed by atoms with van der Waals surface area (Å²) in [5, 5.41) is 14.4. The van der Waals surface area contributed by atoms with Gasteiger partial charge in [-0.05, 0) is 274 Å². The van der Waals surface area contributed by atoms with Crippen molar-refractivity contribution in [1.29, 1.82) is 0 Å². The Kier molecular flexibility index (Phi) is 20.2. The highest BCUT2D eigenvalue weighted by Gasteiger charge is 2.25. The molecule has 0 amide bonds. The maximum atomic E-state index is 2.46. The molecule has 0 aliphatic heterocycles. The minimum Gasteiger partial charge on any atom is -0.311 e. The molecule has 0 fully saturated rings. The van der Waals surface area contributed by atoms with E-state index in [9.17, 15) is 0 Å². The first-order valence-corrected chi connectivity index (χ1v) is 43.0. The third kappa shape index (κ3) is 14.6. The molecule has 0 saturated heterocycles. The zero-order valence-electron chi connectivity index (χ0n) is 69.5. The van der Waals surface area contributed by atoms with Crippen molar-refractivity contribution in [2.45, 2.75) is 20.8 Å². The molecule has 21 aromatic rings. The van der Waals surface area contributed by atoms with E-state index in [1.54, 1.807) is 0 Å². The molecule has 21 aromatic carbocycles. The fraction of sp³-hybridized carbons (Fsp3) is 0.0244. The van der Waals surface area contributed by atoms with E-state index in [4.69, 9.17) is 0 Å². The van der Waals surface area contributed by atoms with E-state index in [0.29, 0.717) is 0 Å². The Hall–Kier alpha value is -15.8. The molecular weight excluding hydrogens is 1490 g/mol. The van der Waals surface area contributed by atoms with Gasteiger partial charge in [-0.1, -0.05) is 435 Å². The van der Waals surface area contributed by atoms with Crippen LogP contribution in [0.25, 0.3) is 201 Å². The summed E-state index contributed by atoms with van der Waals surface area (Å²) in [5.74, 6) is 0. The quantitative estimate of drug-likeness (QED) is 0.0774. The van der Waals surface area contributed by atoms with Gasteiger partial charge in [-0.2, -0.15) is 0 Å². The molecule has 124 heavy (non-hydrogen) atoms. The lowest BCUT2D eigenvalue weighted by atomic mass is 9.83. The van der Waals surface area contributed by atoms with Gasteiger partial charge in [0.2, 0.25) is 0 Å². The SMILES string of the molecule is Cc1ccc(-c2cc(-c3ccc(/C=C/c4ccccc4)c4ccccc34)c3ccccc3c2-c2ccc(N(c3ccc(-c4cc(-c5ccc(C)cc5)c(-c5ccc(/C=C/c6ccccc6)c6ccccc56)c5ccccc45)cc3)c3ccc(-c4cc(-c5ccc(C)cc5)c(-c5ccc(/C=C/c6ccccc6)c6ccccc56)c5ccccc45)cc3)cc2)cc1. The molecule has 0 aliphatic rings. The molecular formula is C123H87N. The van der Waals surface area contributed by atoms with Crippen molar-refractivity contribution < 1.29 is 0 Å². The van der Waals surface area contributed by atoms with Gasteiger partial charge in [0.15, 0.2) is 0 Å². The van der Waals surface area contributed by atoms with Gasteiger partial charge < -0.3 is 4.90 Å². The molecule has 584 valence electrons. The predicted molar refractivity (Wildman–Crippen MR) is 535 cm³/mol. The second-order valence-electron chi connectivity index (χ2n) is 32.7. The van der Waals surface area contributed by atoms with E-state index in [0.717, 1.165) is 39.3 Å². The fourth-order valence-electron chi connectivity index (χ4n) is 18.7. The number of anilines is 3. The van der Waals surface area contributed by atoms with Crippen LogP contribution in [0.5, 0.6) is 0 Å². The third-order valence-corrected chi connectivity index (χ3v) is 25.0. The number of rotatable bonds is 18. The summed E-state index contributed by atoms with van der Waals surface area (Å²) in [5.41, 5.74) is 35.0. The molecule has 0 radical (unpaired) electrons. The Morgan fingerprint density at radius 3 is 0.726 bits per heavy atom. The van der Waals surface area contributed by atoms with Gasteiger partial charge in [-0.3, -0.25) is 0 Å². The van der Waals surface area contributed by atoms with E-state index < -0.39 is 0 Å². The predicted octanol–water partition coefficient (Wildman–Crippen LogP) is 34.5. The van der Waals surface area contributed by atoms with E-state index in [1.165, 1.54) is 193 Å². The van der Waals surface area contributed by atoms with E-state index in [1.807, 2.05) is 0 Å². The number of nitrogens with zero attached hydrogens (tertiary/aromatic N) is 1. The van der Waals surface area contributed by atoms with Crippen LogP contribution in [0.4, 0.5) is 17.1 Å². The molecule has 21 rings (SSSR count). The molecule has 0 bridgehead atoms. The van der Waals surface area contributed by atoms with Gasteiger partial charge in [0.05, 0.1) is 0 Å². The molecule has 0 N–H and O–H groups in total. The number of hydrogen-bond donors (Lipinski definition) is 0. The minimum atomic E-state index is 1.03. The van der Waals surface area contributed by atoms with Crippen LogP contribution in [0.1, 0.15) is 50.1 Å². The lowest BCUT2D eigenvalue weighted by Gasteiger charge is -2.27. The van der Waals surface area contributed by atoms with Gasteiger partial charge in [-0.25, -0.2) is 0 Å².